The Bertz CT molecular complexity index is 742. The molecule has 25 heavy (non-hydrogen) atoms. The van der Waals surface area contributed by atoms with Crippen molar-refractivity contribution in [3.8, 4) is 0 Å². The van der Waals surface area contributed by atoms with E-state index < -0.39 is 6.04 Å². The third-order valence-corrected chi connectivity index (χ3v) is 4.24. The summed E-state index contributed by atoms with van der Waals surface area (Å²) in [5.41, 5.74) is 1.93. The summed E-state index contributed by atoms with van der Waals surface area (Å²) in [6.07, 6.45) is 3.14. The van der Waals surface area contributed by atoms with Crippen LogP contribution in [0.5, 0.6) is 0 Å². The van der Waals surface area contributed by atoms with E-state index >= 15 is 0 Å². The summed E-state index contributed by atoms with van der Waals surface area (Å²) in [5, 5.41) is 5.57. The molecule has 2 aromatic rings. The average Bonchev–Trinajstić information content (AvgIpc) is 2.61. The van der Waals surface area contributed by atoms with Crippen molar-refractivity contribution >= 4 is 33.8 Å². The lowest BCUT2D eigenvalue weighted by atomic mass is 10.1. The predicted molar refractivity (Wildman–Crippen MR) is 104 cm³/mol. The number of carbonyl (C=O) groups is 2. The van der Waals surface area contributed by atoms with Gasteiger partial charge in [-0.2, -0.15) is 0 Å². The van der Waals surface area contributed by atoms with Crippen molar-refractivity contribution in [3.05, 3.63) is 76.3 Å². The second-order valence-electron chi connectivity index (χ2n) is 5.76. The molecule has 4 nitrogen and oxygen atoms in total. The molecule has 0 bridgehead atoms. The number of carbonyl (C=O) groups excluding carboxylic acids is 2. The Kier molecular flexibility index (Phi) is 6.95. The van der Waals surface area contributed by atoms with Gasteiger partial charge in [0.05, 0.1) is 6.04 Å². The predicted octanol–water partition coefficient (Wildman–Crippen LogP) is 3.84. The van der Waals surface area contributed by atoms with Crippen LogP contribution in [0.1, 0.15) is 31.0 Å². The molecule has 0 radical (unpaired) electrons. The Labute approximate surface area is 156 Å². The summed E-state index contributed by atoms with van der Waals surface area (Å²) < 4.78 is 0.987. The molecule has 0 aliphatic heterocycles. The van der Waals surface area contributed by atoms with Crippen LogP contribution in [0.3, 0.4) is 0 Å². The van der Waals surface area contributed by atoms with E-state index in [9.17, 15) is 9.59 Å². The van der Waals surface area contributed by atoms with Crippen LogP contribution in [0.2, 0.25) is 0 Å². The maximum atomic E-state index is 12.2. The van der Waals surface area contributed by atoms with Crippen LogP contribution in [0.15, 0.2) is 65.1 Å². The highest BCUT2D eigenvalue weighted by Crippen LogP contribution is 2.16. The van der Waals surface area contributed by atoms with Gasteiger partial charge in [0.15, 0.2) is 0 Å². The molecule has 5 heteroatoms. The summed E-state index contributed by atoms with van der Waals surface area (Å²) in [7, 11) is 0. The first-order valence-electron chi connectivity index (χ1n) is 8.05. The van der Waals surface area contributed by atoms with E-state index in [4.69, 9.17) is 0 Å². The molecule has 130 valence electrons. The molecule has 0 aromatic heterocycles. The number of rotatable bonds is 6. The first-order valence-corrected chi connectivity index (χ1v) is 8.84. The fourth-order valence-corrected chi connectivity index (χ4v) is 2.50. The van der Waals surface area contributed by atoms with Gasteiger partial charge in [-0.1, -0.05) is 58.4 Å². The summed E-state index contributed by atoms with van der Waals surface area (Å²) in [6.45, 7) is 3.57. The lowest BCUT2D eigenvalue weighted by Crippen LogP contribution is -2.45. The molecule has 2 atom stereocenters. The zero-order valence-corrected chi connectivity index (χ0v) is 15.8. The molecule has 2 N–H and O–H groups in total. The Hall–Kier alpha value is -2.40. The van der Waals surface area contributed by atoms with E-state index in [0.717, 1.165) is 15.6 Å². The van der Waals surface area contributed by atoms with Crippen molar-refractivity contribution in [2.75, 3.05) is 0 Å². The number of amides is 2. The molecule has 0 heterocycles. The number of benzene rings is 2. The van der Waals surface area contributed by atoms with Gasteiger partial charge in [0, 0.05) is 10.5 Å². The Morgan fingerprint density at radius 1 is 0.960 bits per heavy atom. The van der Waals surface area contributed by atoms with Crippen LogP contribution >= 0.6 is 15.9 Å². The third kappa shape index (κ3) is 6.19. The summed E-state index contributed by atoms with van der Waals surface area (Å²) in [4.78, 5) is 24.2. The molecule has 2 amide bonds. The molecule has 0 saturated heterocycles. The first-order chi connectivity index (χ1) is 12.0. The Balaban J connectivity index is 1.86. The zero-order chi connectivity index (χ0) is 18.2. The largest absolute Gasteiger partial charge is 0.348 e. The number of hydrogen-bond donors (Lipinski definition) is 2. The maximum absolute atomic E-state index is 12.2. The van der Waals surface area contributed by atoms with Crippen molar-refractivity contribution in [1.82, 2.24) is 10.6 Å². The second kappa shape index (κ2) is 9.18. The van der Waals surface area contributed by atoms with Crippen molar-refractivity contribution in [1.29, 1.82) is 0 Å². The summed E-state index contributed by atoms with van der Waals surface area (Å²) in [5.74, 6) is -0.528. The van der Waals surface area contributed by atoms with Crippen LogP contribution in [0, 0.1) is 0 Å². The van der Waals surface area contributed by atoms with Crippen LogP contribution in [-0.4, -0.2) is 17.9 Å². The minimum absolute atomic E-state index is 0.139. The van der Waals surface area contributed by atoms with Crippen LogP contribution < -0.4 is 10.6 Å². The van der Waals surface area contributed by atoms with Crippen LogP contribution in [0.25, 0.3) is 6.08 Å². The molecule has 2 aromatic carbocycles. The summed E-state index contributed by atoms with van der Waals surface area (Å²) >= 11 is 3.39. The van der Waals surface area contributed by atoms with Gasteiger partial charge in [0.2, 0.25) is 11.8 Å². The normalized spacial score (nSPS) is 13.2. The van der Waals surface area contributed by atoms with E-state index in [2.05, 4.69) is 26.6 Å². The number of nitrogens with one attached hydrogen (secondary N) is 2. The Morgan fingerprint density at radius 3 is 2.24 bits per heavy atom. The van der Waals surface area contributed by atoms with Gasteiger partial charge in [0.25, 0.3) is 0 Å². The van der Waals surface area contributed by atoms with Crippen molar-refractivity contribution in [2.24, 2.45) is 0 Å². The van der Waals surface area contributed by atoms with Crippen molar-refractivity contribution in [3.63, 3.8) is 0 Å². The smallest absolute Gasteiger partial charge is 0.244 e. The fraction of sp³-hybridized carbons (Fsp3) is 0.200. The van der Waals surface area contributed by atoms with Gasteiger partial charge in [-0.25, -0.2) is 0 Å². The van der Waals surface area contributed by atoms with E-state index in [-0.39, 0.29) is 17.9 Å². The molecule has 0 aliphatic carbocycles. The van der Waals surface area contributed by atoms with Gasteiger partial charge in [-0.05, 0) is 43.2 Å². The monoisotopic (exact) mass is 400 g/mol. The SMILES string of the molecule is CC(NC(=O)/C=C/c1ccccc1)C(=O)NC(C)c1ccc(Br)cc1. The zero-order valence-electron chi connectivity index (χ0n) is 14.2. The van der Waals surface area contributed by atoms with Crippen molar-refractivity contribution < 1.29 is 9.59 Å². The van der Waals surface area contributed by atoms with Gasteiger partial charge in [0.1, 0.15) is 6.04 Å². The van der Waals surface area contributed by atoms with E-state index in [1.807, 2.05) is 61.5 Å². The number of halogens is 1. The van der Waals surface area contributed by atoms with Crippen LogP contribution in [-0.2, 0) is 9.59 Å². The average molecular weight is 401 g/mol. The van der Waals surface area contributed by atoms with E-state index in [1.54, 1.807) is 13.0 Å². The molecule has 2 rings (SSSR count). The van der Waals surface area contributed by atoms with Gasteiger partial charge >= 0.3 is 0 Å². The third-order valence-electron chi connectivity index (χ3n) is 3.71. The number of hydrogen-bond acceptors (Lipinski definition) is 2. The standard InChI is InChI=1S/C20H21BrN2O2/c1-14(17-9-11-18(21)12-10-17)23-20(25)15(2)22-19(24)13-8-16-6-4-3-5-7-16/h3-15H,1-2H3,(H,22,24)(H,23,25)/b13-8+. The molecular formula is C20H21BrN2O2. The minimum Gasteiger partial charge on any atom is -0.348 e. The lowest BCUT2D eigenvalue weighted by Gasteiger charge is -2.18. The highest BCUT2D eigenvalue weighted by atomic mass is 79.9. The van der Waals surface area contributed by atoms with Gasteiger partial charge < -0.3 is 10.6 Å². The van der Waals surface area contributed by atoms with Gasteiger partial charge in [-0.3, -0.25) is 9.59 Å². The molecule has 2 unspecified atom stereocenters. The molecule has 0 spiro atoms. The Morgan fingerprint density at radius 2 is 1.60 bits per heavy atom. The molecule has 0 fully saturated rings. The fourth-order valence-electron chi connectivity index (χ4n) is 2.24. The second-order valence-corrected chi connectivity index (χ2v) is 6.67. The maximum Gasteiger partial charge on any atom is 0.244 e. The topological polar surface area (TPSA) is 58.2 Å². The van der Waals surface area contributed by atoms with Crippen LogP contribution in [0.4, 0.5) is 0 Å². The molecular weight excluding hydrogens is 380 g/mol. The van der Waals surface area contributed by atoms with Gasteiger partial charge in [-0.15, -0.1) is 0 Å². The summed E-state index contributed by atoms with van der Waals surface area (Å²) in [6, 6.07) is 16.5. The quantitative estimate of drug-likeness (QED) is 0.723. The highest BCUT2D eigenvalue weighted by molar-refractivity contribution is 9.10. The minimum atomic E-state index is -0.620. The molecule has 0 saturated carbocycles. The van der Waals surface area contributed by atoms with Crippen molar-refractivity contribution in [2.45, 2.75) is 25.9 Å². The highest BCUT2D eigenvalue weighted by Gasteiger charge is 2.17. The van der Waals surface area contributed by atoms with E-state index in [1.165, 1.54) is 6.08 Å². The lowest BCUT2D eigenvalue weighted by molar-refractivity contribution is -0.127. The first kappa shape index (κ1) is 18.9. The molecule has 0 aliphatic rings. The van der Waals surface area contributed by atoms with E-state index in [0.29, 0.717) is 0 Å².